The second kappa shape index (κ2) is 9.75. The highest BCUT2D eigenvalue weighted by Crippen LogP contribution is 2.33. The largest absolute Gasteiger partial charge is 0.467 e. The highest BCUT2D eigenvalue weighted by Gasteiger charge is 2.53. The maximum atomic E-state index is 12.4. The Morgan fingerprint density at radius 3 is 2.04 bits per heavy atom. The first-order valence-electron chi connectivity index (χ1n) is 8.52. The summed E-state index contributed by atoms with van der Waals surface area (Å²) < 4.78 is 85.7. The average Bonchev–Trinajstić information content (AvgIpc) is 2.50. The Balaban J connectivity index is 2.37. The molecule has 0 fully saturated rings. The van der Waals surface area contributed by atoms with Crippen LogP contribution in [0.1, 0.15) is 39.2 Å². The van der Waals surface area contributed by atoms with Gasteiger partial charge in [-0.15, -0.1) is 4.90 Å². The Morgan fingerprint density at radius 2 is 1.52 bits per heavy atom. The molecule has 0 aliphatic rings. The van der Waals surface area contributed by atoms with Crippen LogP contribution in [0.25, 0.3) is 0 Å². The highest BCUT2D eigenvalue weighted by atomic mass is 19.4. The van der Waals surface area contributed by atoms with Gasteiger partial charge >= 0.3 is 12.6 Å². The van der Waals surface area contributed by atoms with Gasteiger partial charge in [-0.2, -0.15) is 26.3 Å². The third-order valence-electron chi connectivity index (χ3n) is 3.79. The van der Waals surface area contributed by atoms with Crippen molar-refractivity contribution < 1.29 is 35.8 Å². The first-order chi connectivity index (χ1) is 12.3. The summed E-state index contributed by atoms with van der Waals surface area (Å²) in [7, 11) is 0. The third-order valence-corrected chi connectivity index (χ3v) is 3.79. The lowest BCUT2D eigenvalue weighted by atomic mass is 10.0. The minimum Gasteiger partial charge on any atom is -0.375 e. The van der Waals surface area contributed by atoms with Crippen molar-refractivity contribution in [3.8, 4) is 0 Å². The van der Waals surface area contributed by atoms with Crippen molar-refractivity contribution in [2.45, 2.75) is 64.5 Å². The quantitative estimate of drug-likeness (QED) is 0.293. The minimum absolute atomic E-state index is 0.193. The summed E-state index contributed by atoms with van der Waals surface area (Å²) in [5.74, 6) is 0. The van der Waals surface area contributed by atoms with E-state index in [0.717, 1.165) is 5.56 Å². The molecule has 0 radical (unpaired) electrons. The first-order valence-corrected chi connectivity index (χ1v) is 8.52. The monoisotopic (exact) mass is 401 g/mol. The van der Waals surface area contributed by atoms with Gasteiger partial charge in [0.05, 0.1) is 18.3 Å². The molecule has 0 heterocycles. The zero-order chi connectivity index (χ0) is 20.7. The van der Waals surface area contributed by atoms with Gasteiger partial charge < -0.3 is 9.47 Å². The van der Waals surface area contributed by atoms with Crippen molar-refractivity contribution in [3.05, 3.63) is 35.9 Å². The molecule has 27 heavy (non-hydrogen) atoms. The summed E-state index contributed by atoms with van der Waals surface area (Å²) in [6.45, 7) is 4.26. The van der Waals surface area contributed by atoms with Gasteiger partial charge in [0, 0.05) is 19.6 Å². The number of nitrogens with zero attached hydrogens (tertiary/aromatic N) is 1. The molecule has 0 N–H and O–H groups in total. The van der Waals surface area contributed by atoms with Crippen molar-refractivity contribution in [2.75, 3.05) is 13.2 Å². The first kappa shape index (κ1) is 23.7. The topological polar surface area (TPSA) is 21.7 Å². The van der Waals surface area contributed by atoms with Crippen LogP contribution in [-0.4, -0.2) is 42.4 Å². The van der Waals surface area contributed by atoms with Crippen LogP contribution in [0.3, 0.4) is 0 Å². The summed E-state index contributed by atoms with van der Waals surface area (Å²) in [5.41, 5.74) is 0.264. The van der Waals surface area contributed by atoms with E-state index >= 15 is 0 Å². The Labute approximate surface area is 155 Å². The lowest BCUT2D eigenvalue weighted by Crippen LogP contribution is -2.48. The molecule has 0 bridgehead atoms. The predicted octanol–water partition coefficient (Wildman–Crippen LogP) is 5.51. The number of hydrogen-bond acceptors (Lipinski definition) is 3. The summed E-state index contributed by atoms with van der Waals surface area (Å²) in [6, 6.07) is 9.51. The molecule has 0 aliphatic carbocycles. The number of hydrogen-bond donors (Lipinski definition) is 0. The smallest absolute Gasteiger partial charge is 0.375 e. The summed E-state index contributed by atoms with van der Waals surface area (Å²) >= 11 is 0. The van der Waals surface area contributed by atoms with E-state index < -0.39 is 36.1 Å². The van der Waals surface area contributed by atoms with Gasteiger partial charge in [0.25, 0.3) is 0 Å². The van der Waals surface area contributed by atoms with E-state index in [1.54, 1.807) is 13.8 Å². The SMILES string of the molecule is CC(CC(C)(C)OCCCN(C(F)(F)F)C(F)(F)F)OCc1ccccc1. The Bertz CT molecular complexity index is 531. The molecule has 0 saturated heterocycles. The molecule has 0 spiro atoms. The number of rotatable bonds is 10. The predicted molar refractivity (Wildman–Crippen MR) is 88.8 cm³/mol. The molecule has 0 aliphatic heterocycles. The normalized spacial score (nSPS) is 14.6. The molecule has 0 aromatic heterocycles. The van der Waals surface area contributed by atoms with Crippen LogP contribution in [0.4, 0.5) is 26.3 Å². The van der Waals surface area contributed by atoms with Crippen molar-refractivity contribution in [1.82, 2.24) is 4.90 Å². The highest BCUT2D eigenvalue weighted by molar-refractivity contribution is 5.13. The molecule has 1 atom stereocenters. The van der Waals surface area contributed by atoms with Gasteiger partial charge in [0.1, 0.15) is 0 Å². The van der Waals surface area contributed by atoms with Crippen LogP contribution in [-0.2, 0) is 16.1 Å². The molecular weight excluding hydrogens is 376 g/mol. The van der Waals surface area contributed by atoms with Gasteiger partial charge in [-0.1, -0.05) is 30.3 Å². The van der Waals surface area contributed by atoms with Gasteiger partial charge in [0.2, 0.25) is 0 Å². The number of ether oxygens (including phenoxy) is 2. The van der Waals surface area contributed by atoms with E-state index in [0.29, 0.717) is 13.0 Å². The zero-order valence-corrected chi connectivity index (χ0v) is 15.5. The van der Waals surface area contributed by atoms with Crippen molar-refractivity contribution >= 4 is 0 Å². The molecule has 9 heteroatoms. The Morgan fingerprint density at radius 1 is 0.963 bits per heavy atom. The van der Waals surface area contributed by atoms with Crippen LogP contribution in [0.5, 0.6) is 0 Å². The minimum atomic E-state index is -5.46. The third kappa shape index (κ3) is 9.44. The molecule has 0 saturated carbocycles. The van der Waals surface area contributed by atoms with Gasteiger partial charge in [-0.05, 0) is 32.8 Å². The second-order valence-corrected chi connectivity index (χ2v) is 6.86. The van der Waals surface area contributed by atoms with Crippen LogP contribution in [0.2, 0.25) is 0 Å². The fourth-order valence-corrected chi connectivity index (χ4v) is 2.59. The molecule has 1 aromatic rings. The van der Waals surface area contributed by atoms with E-state index in [4.69, 9.17) is 9.47 Å². The van der Waals surface area contributed by atoms with Gasteiger partial charge in [-0.3, -0.25) is 0 Å². The van der Waals surface area contributed by atoms with Gasteiger partial charge in [0.15, 0.2) is 0 Å². The van der Waals surface area contributed by atoms with Crippen molar-refractivity contribution in [1.29, 1.82) is 0 Å². The van der Waals surface area contributed by atoms with Crippen LogP contribution in [0, 0.1) is 0 Å². The fourth-order valence-electron chi connectivity index (χ4n) is 2.59. The number of halogens is 6. The van der Waals surface area contributed by atoms with Crippen LogP contribution < -0.4 is 0 Å². The molecule has 0 amide bonds. The number of alkyl halides is 6. The second-order valence-electron chi connectivity index (χ2n) is 6.86. The van der Waals surface area contributed by atoms with Crippen LogP contribution in [0.15, 0.2) is 30.3 Å². The standard InChI is InChI=1S/C18H25F6NO2/c1-14(26-13-15-8-5-4-6-9-15)12-16(2,3)27-11-7-10-25(17(19,20)21)18(22,23)24/h4-6,8-9,14H,7,10-13H2,1-3H3. The van der Waals surface area contributed by atoms with E-state index in [-0.39, 0.29) is 12.7 Å². The van der Waals surface area contributed by atoms with E-state index in [1.807, 2.05) is 37.3 Å². The molecule has 156 valence electrons. The molecular formula is C18H25F6NO2. The molecule has 1 rings (SSSR count). The van der Waals surface area contributed by atoms with E-state index in [1.165, 1.54) is 0 Å². The average molecular weight is 401 g/mol. The Kier molecular flexibility index (Phi) is 8.56. The molecule has 3 nitrogen and oxygen atoms in total. The molecule has 1 aromatic carbocycles. The zero-order valence-electron chi connectivity index (χ0n) is 15.5. The lowest BCUT2D eigenvalue weighted by molar-refractivity contribution is -0.373. The van der Waals surface area contributed by atoms with E-state index in [2.05, 4.69) is 0 Å². The summed E-state index contributed by atoms with van der Waals surface area (Å²) in [5, 5.41) is 0. The van der Waals surface area contributed by atoms with Crippen molar-refractivity contribution in [2.24, 2.45) is 0 Å². The van der Waals surface area contributed by atoms with Crippen molar-refractivity contribution in [3.63, 3.8) is 0 Å². The maximum Gasteiger partial charge on any atom is 0.467 e. The van der Waals surface area contributed by atoms with Gasteiger partial charge in [-0.25, -0.2) is 0 Å². The summed E-state index contributed by atoms with van der Waals surface area (Å²) in [6.07, 6.45) is -11.1. The fraction of sp³-hybridized carbons (Fsp3) is 0.667. The molecule has 1 unspecified atom stereocenters. The lowest BCUT2D eigenvalue weighted by Gasteiger charge is -2.30. The van der Waals surface area contributed by atoms with E-state index in [9.17, 15) is 26.3 Å². The number of benzene rings is 1. The summed E-state index contributed by atoms with van der Waals surface area (Å²) in [4.78, 5) is -1.44. The van der Waals surface area contributed by atoms with Crippen LogP contribution >= 0.6 is 0 Å². The maximum absolute atomic E-state index is 12.4. The Hall–Kier alpha value is -1.32.